The van der Waals surface area contributed by atoms with E-state index in [9.17, 15) is 8.78 Å². The van der Waals surface area contributed by atoms with E-state index in [2.05, 4.69) is 15.9 Å². The molecule has 100 valence electrons. The highest BCUT2D eigenvalue weighted by atomic mass is 79.9. The third-order valence-electron chi connectivity index (χ3n) is 2.96. The number of hydrogen-bond donors (Lipinski definition) is 0. The van der Waals surface area contributed by atoms with Crippen molar-refractivity contribution < 1.29 is 13.5 Å². The van der Waals surface area contributed by atoms with E-state index in [-0.39, 0.29) is 4.83 Å². The van der Waals surface area contributed by atoms with Gasteiger partial charge in [-0.2, -0.15) is 0 Å². The molecule has 0 spiro atoms. The van der Waals surface area contributed by atoms with Gasteiger partial charge in [-0.25, -0.2) is 8.78 Å². The Morgan fingerprint density at radius 1 is 1.05 bits per heavy atom. The molecule has 4 heteroatoms. The zero-order valence-electron chi connectivity index (χ0n) is 10.6. The summed E-state index contributed by atoms with van der Waals surface area (Å²) in [6.07, 6.45) is 0. The summed E-state index contributed by atoms with van der Waals surface area (Å²) in [7, 11) is 1.59. The van der Waals surface area contributed by atoms with Crippen LogP contribution in [0.25, 0.3) is 0 Å². The molecular formula is C15H13BrF2O. The van der Waals surface area contributed by atoms with Crippen molar-refractivity contribution in [2.75, 3.05) is 7.11 Å². The van der Waals surface area contributed by atoms with Crippen molar-refractivity contribution in [3.05, 3.63) is 64.7 Å². The van der Waals surface area contributed by atoms with Gasteiger partial charge < -0.3 is 4.74 Å². The molecule has 0 saturated heterocycles. The number of rotatable bonds is 3. The molecule has 0 saturated carbocycles. The normalized spacial score (nSPS) is 12.3. The first kappa shape index (κ1) is 14.0. The average molecular weight is 327 g/mol. The fourth-order valence-corrected chi connectivity index (χ4v) is 2.48. The summed E-state index contributed by atoms with van der Waals surface area (Å²) in [5.74, 6) is -0.351. The highest BCUT2D eigenvalue weighted by Crippen LogP contribution is 2.34. The lowest BCUT2D eigenvalue weighted by Crippen LogP contribution is -1.99. The van der Waals surface area contributed by atoms with Crippen LogP contribution in [0, 0.1) is 18.6 Å². The zero-order chi connectivity index (χ0) is 14.0. The van der Waals surface area contributed by atoms with Gasteiger partial charge in [0.05, 0.1) is 11.9 Å². The summed E-state index contributed by atoms with van der Waals surface area (Å²) in [5.41, 5.74) is 1.73. The van der Waals surface area contributed by atoms with Crippen LogP contribution in [-0.4, -0.2) is 7.11 Å². The summed E-state index contributed by atoms with van der Waals surface area (Å²) in [6, 6.07) is 9.74. The van der Waals surface area contributed by atoms with Crippen molar-refractivity contribution in [1.29, 1.82) is 0 Å². The molecule has 0 aliphatic rings. The highest BCUT2D eigenvalue weighted by Gasteiger charge is 2.17. The molecule has 19 heavy (non-hydrogen) atoms. The van der Waals surface area contributed by atoms with E-state index in [4.69, 9.17) is 4.74 Å². The fraction of sp³-hybridized carbons (Fsp3) is 0.200. The summed E-state index contributed by atoms with van der Waals surface area (Å²) >= 11 is 3.45. The summed E-state index contributed by atoms with van der Waals surface area (Å²) in [4.78, 5) is -0.322. The standard InChI is InChI=1S/C15H13BrF2O/c1-9-7-12(14(18)8-13(9)17)15(16)10-3-5-11(19-2)6-4-10/h3-8,15H,1-2H3. The molecule has 1 atom stereocenters. The van der Waals surface area contributed by atoms with E-state index < -0.39 is 11.6 Å². The van der Waals surface area contributed by atoms with E-state index in [0.717, 1.165) is 17.4 Å². The van der Waals surface area contributed by atoms with Crippen LogP contribution in [0.5, 0.6) is 5.75 Å². The lowest BCUT2D eigenvalue weighted by molar-refractivity contribution is 0.414. The van der Waals surface area contributed by atoms with Crippen molar-refractivity contribution >= 4 is 15.9 Å². The van der Waals surface area contributed by atoms with Crippen molar-refractivity contribution in [3.8, 4) is 5.75 Å². The second-order valence-electron chi connectivity index (χ2n) is 4.26. The largest absolute Gasteiger partial charge is 0.497 e. The minimum atomic E-state index is -0.555. The Kier molecular flexibility index (Phi) is 4.20. The van der Waals surface area contributed by atoms with E-state index >= 15 is 0 Å². The van der Waals surface area contributed by atoms with Crippen LogP contribution in [-0.2, 0) is 0 Å². The van der Waals surface area contributed by atoms with Gasteiger partial charge in [0.25, 0.3) is 0 Å². The van der Waals surface area contributed by atoms with Crippen LogP contribution in [0.1, 0.15) is 21.5 Å². The minimum absolute atomic E-state index is 0.322. The molecule has 0 bridgehead atoms. The Labute approximate surface area is 119 Å². The Hall–Kier alpha value is -1.42. The SMILES string of the molecule is COc1ccc(C(Br)c2cc(C)c(F)cc2F)cc1. The van der Waals surface area contributed by atoms with Crippen molar-refractivity contribution in [2.24, 2.45) is 0 Å². The van der Waals surface area contributed by atoms with Gasteiger partial charge in [-0.15, -0.1) is 0 Å². The molecule has 0 aromatic heterocycles. The lowest BCUT2D eigenvalue weighted by Gasteiger charge is -2.13. The van der Waals surface area contributed by atoms with E-state index in [1.165, 1.54) is 6.07 Å². The van der Waals surface area contributed by atoms with E-state index in [1.54, 1.807) is 26.2 Å². The Bertz CT molecular complexity index is 581. The number of hydrogen-bond acceptors (Lipinski definition) is 1. The lowest BCUT2D eigenvalue weighted by atomic mass is 10.0. The first-order chi connectivity index (χ1) is 9.02. The third kappa shape index (κ3) is 2.95. The molecule has 0 fully saturated rings. The van der Waals surface area contributed by atoms with Crippen molar-refractivity contribution in [2.45, 2.75) is 11.8 Å². The molecule has 2 rings (SSSR count). The highest BCUT2D eigenvalue weighted by molar-refractivity contribution is 9.09. The molecule has 0 radical (unpaired) electrons. The van der Waals surface area contributed by atoms with Crippen LogP contribution in [0.3, 0.4) is 0 Å². The molecule has 1 nitrogen and oxygen atoms in total. The van der Waals surface area contributed by atoms with Gasteiger partial charge in [0.15, 0.2) is 0 Å². The Morgan fingerprint density at radius 2 is 1.68 bits per heavy atom. The minimum Gasteiger partial charge on any atom is -0.497 e. The molecule has 2 aromatic rings. The van der Waals surface area contributed by atoms with Crippen molar-refractivity contribution in [3.63, 3.8) is 0 Å². The zero-order valence-corrected chi connectivity index (χ0v) is 12.2. The summed E-state index contributed by atoms with van der Waals surface area (Å²) < 4.78 is 32.1. The average Bonchev–Trinajstić information content (AvgIpc) is 2.42. The molecule has 0 N–H and O–H groups in total. The molecule has 0 amide bonds. The van der Waals surface area contributed by atoms with Crippen molar-refractivity contribution in [1.82, 2.24) is 0 Å². The topological polar surface area (TPSA) is 9.23 Å². The van der Waals surface area contributed by atoms with Crippen LogP contribution >= 0.6 is 15.9 Å². The van der Waals surface area contributed by atoms with Gasteiger partial charge in [-0.1, -0.05) is 28.1 Å². The Balaban J connectivity index is 2.37. The van der Waals surface area contributed by atoms with Gasteiger partial charge in [0, 0.05) is 11.6 Å². The predicted molar refractivity (Wildman–Crippen MR) is 74.9 cm³/mol. The van der Waals surface area contributed by atoms with Gasteiger partial charge in [-0.3, -0.25) is 0 Å². The predicted octanol–water partition coefficient (Wildman–Crippen LogP) is 4.77. The maximum atomic E-state index is 13.8. The number of benzene rings is 2. The number of halogens is 3. The number of alkyl halides is 1. The maximum Gasteiger partial charge on any atom is 0.130 e. The Morgan fingerprint density at radius 3 is 2.26 bits per heavy atom. The molecular weight excluding hydrogens is 314 g/mol. The monoisotopic (exact) mass is 326 g/mol. The first-order valence-electron chi connectivity index (χ1n) is 5.76. The first-order valence-corrected chi connectivity index (χ1v) is 6.68. The van der Waals surface area contributed by atoms with Gasteiger partial charge in [0.1, 0.15) is 17.4 Å². The molecule has 0 aliphatic heterocycles. The quantitative estimate of drug-likeness (QED) is 0.738. The van der Waals surface area contributed by atoms with Gasteiger partial charge >= 0.3 is 0 Å². The molecule has 1 unspecified atom stereocenters. The van der Waals surface area contributed by atoms with Crippen LogP contribution in [0.4, 0.5) is 8.78 Å². The van der Waals surface area contributed by atoms with Gasteiger partial charge in [-0.05, 0) is 36.2 Å². The fourth-order valence-electron chi connectivity index (χ4n) is 1.83. The number of methoxy groups -OCH3 is 1. The van der Waals surface area contributed by atoms with Gasteiger partial charge in [0.2, 0.25) is 0 Å². The second kappa shape index (κ2) is 5.70. The molecule has 0 heterocycles. The van der Waals surface area contributed by atoms with Crippen LogP contribution in [0.15, 0.2) is 36.4 Å². The van der Waals surface area contributed by atoms with E-state index in [0.29, 0.717) is 11.1 Å². The molecule has 0 aliphatic carbocycles. The number of aryl methyl sites for hydroxylation is 1. The summed E-state index contributed by atoms with van der Waals surface area (Å²) in [5, 5.41) is 0. The van der Waals surface area contributed by atoms with E-state index in [1.807, 2.05) is 12.1 Å². The molecule has 2 aromatic carbocycles. The maximum absolute atomic E-state index is 13.8. The smallest absolute Gasteiger partial charge is 0.130 e. The summed E-state index contributed by atoms with van der Waals surface area (Å²) in [6.45, 7) is 1.62. The van der Waals surface area contributed by atoms with Crippen LogP contribution in [0.2, 0.25) is 0 Å². The third-order valence-corrected chi connectivity index (χ3v) is 3.98. The number of ether oxygens (including phenoxy) is 1. The van der Waals surface area contributed by atoms with Crippen LogP contribution < -0.4 is 4.74 Å². The second-order valence-corrected chi connectivity index (χ2v) is 5.17.